The molecule has 66 valence electrons. The normalized spacial score (nSPS) is 9.92. The fraction of sp³-hybridized carbons (Fsp3) is 0.333. The van der Waals surface area contributed by atoms with E-state index in [4.69, 9.17) is 10.5 Å². The highest BCUT2D eigenvalue weighted by atomic mass is 16.5. The van der Waals surface area contributed by atoms with Gasteiger partial charge in [-0.1, -0.05) is 6.07 Å². The van der Waals surface area contributed by atoms with Crippen molar-refractivity contribution >= 4 is 0 Å². The van der Waals surface area contributed by atoms with Crippen molar-refractivity contribution in [2.24, 2.45) is 5.73 Å². The summed E-state index contributed by atoms with van der Waals surface area (Å²) in [6, 6.07) is 3.58. The Morgan fingerprint density at radius 1 is 1.50 bits per heavy atom. The number of methoxy groups -OCH3 is 1. The van der Waals surface area contributed by atoms with E-state index in [-0.39, 0.29) is 5.75 Å². The first-order valence-electron chi connectivity index (χ1n) is 3.75. The van der Waals surface area contributed by atoms with Crippen molar-refractivity contribution in [2.45, 2.75) is 13.5 Å². The second-order valence-electron chi connectivity index (χ2n) is 2.67. The average molecular weight is 167 g/mol. The lowest BCUT2D eigenvalue weighted by atomic mass is 10.1. The lowest BCUT2D eigenvalue weighted by Crippen LogP contribution is -1.97. The summed E-state index contributed by atoms with van der Waals surface area (Å²) in [5.41, 5.74) is 7.20. The van der Waals surface area contributed by atoms with Crippen LogP contribution in [0, 0.1) is 6.92 Å². The molecule has 0 radical (unpaired) electrons. The van der Waals surface area contributed by atoms with Crippen LogP contribution in [0.2, 0.25) is 0 Å². The van der Waals surface area contributed by atoms with Gasteiger partial charge in [0.05, 0.1) is 7.11 Å². The Balaban J connectivity index is 3.19. The van der Waals surface area contributed by atoms with Crippen LogP contribution in [-0.2, 0) is 6.54 Å². The van der Waals surface area contributed by atoms with Crippen LogP contribution in [0.5, 0.6) is 11.5 Å². The van der Waals surface area contributed by atoms with Crippen LogP contribution in [0.15, 0.2) is 12.1 Å². The highest BCUT2D eigenvalue weighted by molar-refractivity contribution is 5.47. The predicted molar refractivity (Wildman–Crippen MR) is 47.3 cm³/mol. The lowest BCUT2D eigenvalue weighted by molar-refractivity contribution is 0.371. The van der Waals surface area contributed by atoms with E-state index >= 15 is 0 Å². The Kier molecular flexibility index (Phi) is 2.55. The SMILES string of the molecule is COc1cc(CN)cc(C)c1O. The van der Waals surface area contributed by atoms with Crippen LogP contribution in [0.1, 0.15) is 11.1 Å². The first-order valence-corrected chi connectivity index (χ1v) is 3.75. The highest BCUT2D eigenvalue weighted by Crippen LogP contribution is 2.30. The number of aromatic hydroxyl groups is 1. The van der Waals surface area contributed by atoms with Crippen LogP contribution < -0.4 is 10.5 Å². The molecule has 3 heteroatoms. The van der Waals surface area contributed by atoms with Gasteiger partial charge in [0.1, 0.15) is 0 Å². The molecule has 0 spiro atoms. The number of phenols is 1. The molecule has 0 saturated heterocycles. The highest BCUT2D eigenvalue weighted by Gasteiger charge is 2.05. The summed E-state index contributed by atoms with van der Waals surface area (Å²) in [7, 11) is 1.52. The maximum absolute atomic E-state index is 9.45. The largest absolute Gasteiger partial charge is 0.504 e. The molecule has 0 aromatic heterocycles. The molecule has 0 unspecified atom stereocenters. The molecule has 1 aromatic carbocycles. The second-order valence-corrected chi connectivity index (χ2v) is 2.67. The molecule has 0 amide bonds. The quantitative estimate of drug-likeness (QED) is 0.695. The molecule has 0 fully saturated rings. The van der Waals surface area contributed by atoms with E-state index in [0.29, 0.717) is 12.3 Å². The number of benzene rings is 1. The molecule has 0 aliphatic rings. The van der Waals surface area contributed by atoms with Crippen molar-refractivity contribution in [3.05, 3.63) is 23.3 Å². The van der Waals surface area contributed by atoms with Gasteiger partial charge >= 0.3 is 0 Å². The molecule has 1 rings (SSSR count). The van der Waals surface area contributed by atoms with Crippen molar-refractivity contribution < 1.29 is 9.84 Å². The molecule has 0 atom stereocenters. The fourth-order valence-corrected chi connectivity index (χ4v) is 1.09. The van der Waals surface area contributed by atoms with E-state index in [1.165, 1.54) is 7.11 Å². The molecule has 0 aliphatic carbocycles. The van der Waals surface area contributed by atoms with E-state index < -0.39 is 0 Å². The first kappa shape index (κ1) is 8.87. The van der Waals surface area contributed by atoms with Gasteiger partial charge in [-0.15, -0.1) is 0 Å². The molecule has 1 aromatic rings. The van der Waals surface area contributed by atoms with Gasteiger partial charge in [-0.25, -0.2) is 0 Å². The molecule has 0 saturated carbocycles. The van der Waals surface area contributed by atoms with Gasteiger partial charge in [-0.2, -0.15) is 0 Å². The fourth-order valence-electron chi connectivity index (χ4n) is 1.09. The van der Waals surface area contributed by atoms with Crippen LogP contribution in [-0.4, -0.2) is 12.2 Å². The van der Waals surface area contributed by atoms with E-state index in [1.54, 1.807) is 6.07 Å². The Labute approximate surface area is 71.8 Å². The monoisotopic (exact) mass is 167 g/mol. The number of ether oxygens (including phenoxy) is 1. The minimum atomic E-state index is 0.190. The zero-order valence-electron chi connectivity index (χ0n) is 7.29. The van der Waals surface area contributed by atoms with E-state index in [0.717, 1.165) is 11.1 Å². The minimum absolute atomic E-state index is 0.190. The van der Waals surface area contributed by atoms with Gasteiger partial charge < -0.3 is 15.6 Å². The number of rotatable bonds is 2. The Morgan fingerprint density at radius 3 is 2.67 bits per heavy atom. The van der Waals surface area contributed by atoms with Gasteiger partial charge in [0.25, 0.3) is 0 Å². The maximum atomic E-state index is 9.45. The predicted octanol–water partition coefficient (Wildman–Crippen LogP) is 1.17. The summed E-state index contributed by atoms with van der Waals surface area (Å²) < 4.78 is 4.96. The van der Waals surface area contributed by atoms with E-state index in [9.17, 15) is 5.11 Å². The third-order valence-corrected chi connectivity index (χ3v) is 1.78. The molecule has 12 heavy (non-hydrogen) atoms. The summed E-state index contributed by atoms with van der Waals surface area (Å²) in [5, 5.41) is 9.45. The lowest BCUT2D eigenvalue weighted by Gasteiger charge is -2.07. The smallest absolute Gasteiger partial charge is 0.161 e. The third-order valence-electron chi connectivity index (χ3n) is 1.78. The summed E-state index contributed by atoms with van der Waals surface area (Å²) in [5.74, 6) is 0.671. The zero-order chi connectivity index (χ0) is 9.14. The Hall–Kier alpha value is -1.22. The number of nitrogens with two attached hydrogens (primary N) is 1. The van der Waals surface area contributed by atoms with Crippen LogP contribution >= 0.6 is 0 Å². The molecule has 3 N–H and O–H groups in total. The summed E-state index contributed by atoms with van der Waals surface area (Å²) in [6.07, 6.45) is 0. The van der Waals surface area contributed by atoms with Gasteiger partial charge in [-0.3, -0.25) is 0 Å². The minimum Gasteiger partial charge on any atom is -0.504 e. The molecule has 0 bridgehead atoms. The summed E-state index contributed by atoms with van der Waals surface area (Å²) in [6.45, 7) is 2.27. The first-order chi connectivity index (χ1) is 5.69. The van der Waals surface area contributed by atoms with Crippen molar-refractivity contribution in [3.63, 3.8) is 0 Å². The summed E-state index contributed by atoms with van der Waals surface area (Å²) >= 11 is 0. The van der Waals surface area contributed by atoms with E-state index in [2.05, 4.69) is 0 Å². The van der Waals surface area contributed by atoms with E-state index in [1.807, 2.05) is 13.0 Å². The third kappa shape index (κ3) is 1.51. The Morgan fingerprint density at radius 2 is 2.17 bits per heavy atom. The van der Waals surface area contributed by atoms with Gasteiger partial charge in [0.15, 0.2) is 11.5 Å². The number of hydrogen-bond donors (Lipinski definition) is 2. The average Bonchev–Trinajstić information content (AvgIpc) is 2.09. The van der Waals surface area contributed by atoms with Crippen molar-refractivity contribution in [1.29, 1.82) is 0 Å². The van der Waals surface area contributed by atoms with Crippen LogP contribution in [0.3, 0.4) is 0 Å². The number of hydrogen-bond acceptors (Lipinski definition) is 3. The van der Waals surface area contributed by atoms with Gasteiger partial charge in [0.2, 0.25) is 0 Å². The standard InChI is InChI=1S/C9H13NO2/c1-6-3-7(5-10)4-8(12-2)9(6)11/h3-4,11H,5,10H2,1-2H3. The van der Waals surface area contributed by atoms with Gasteiger partial charge in [-0.05, 0) is 24.1 Å². The molecule has 0 aliphatic heterocycles. The maximum Gasteiger partial charge on any atom is 0.161 e. The summed E-state index contributed by atoms with van der Waals surface area (Å²) in [4.78, 5) is 0. The molecular formula is C9H13NO2. The van der Waals surface area contributed by atoms with Crippen molar-refractivity contribution in [3.8, 4) is 11.5 Å². The van der Waals surface area contributed by atoms with Crippen molar-refractivity contribution in [1.82, 2.24) is 0 Å². The number of aryl methyl sites for hydroxylation is 1. The zero-order valence-corrected chi connectivity index (χ0v) is 7.29. The topological polar surface area (TPSA) is 55.5 Å². The Bertz CT molecular complexity index is 284. The van der Waals surface area contributed by atoms with Gasteiger partial charge in [0, 0.05) is 6.54 Å². The second kappa shape index (κ2) is 3.45. The molecular weight excluding hydrogens is 154 g/mol. The van der Waals surface area contributed by atoms with Crippen LogP contribution in [0.25, 0.3) is 0 Å². The number of phenolic OH excluding ortho intramolecular Hbond substituents is 1. The van der Waals surface area contributed by atoms with Crippen molar-refractivity contribution in [2.75, 3.05) is 7.11 Å². The molecule has 3 nitrogen and oxygen atoms in total. The van der Waals surface area contributed by atoms with Crippen LogP contribution in [0.4, 0.5) is 0 Å². The molecule has 0 heterocycles.